The van der Waals surface area contributed by atoms with Crippen LogP contribution in [-0.4, -0.2) is 36.1 Å². The molecule has 2 nitrogen and oxygen atoms in total. The topological polar surface area (TPSA) is 15.3 Å². The molecule has 1 saturated heterocycles. The summed E-state index contributed by atoms with van der Waals surface area (Å²) in [5.41, 5.74) is 0.373. The van der Waals surface area contributed by atoms with Gasteiger partial charge in [0.15, 0.2) is 0 Å². The van der Waals surface area contributed by atoms with Crippen LogP contribution in [0, 0.1) is 0 Å². The van der Waals surface area contributed by atoms with Crippen LogP contribution >= 0.6 is 0 Å². The molecule has 0 aromatic carbocycles. The average molecular weight is 283 g/mol. The van der Waals surface area contributed by atoms with E-state index in [0.29, 0.717) is 11.6 Å². The van der Waals surface area contributed by atoms with E-state index in [1.165, 1.54) is 77.4 Å². The van der Waals surface area contributed by atoms with Gasteiger partial charge in [-0.3, -0.25) is 4.90 Å². The number of nitrogens with one attached hydrogen (secondary N) is 1. The van der Waals surface area contributed by atoms with Crippen LogP contribution in [0.5, 0.6) is 0 Å². The van der Waals surface area contributed by atoms with Crippen molar-refractivity contribution < 1.29 is 0 Å². The number of unbranched alkanes of at least 4 members (excludes halogenated alkanes) is 6. The van der Waals surface area contributed by atoms with E-state index in [2.05, 4.69) is 37.9 Å². The van der Waals surface area contributed by atoms with Crippen molar-refractivity contribution in [2.75, 3.05) is 19.6 Å². The Morgan fingerprint density at radius 1 is 1.00 bits per heavy atom. The van der Waals surface area contributed by atoms with Crippen molar-refractivity contribution >= 4 is 0 Å². The van der Waals surface area contributed by atoms with E-state index in [4.69, 9.17) is 0 Å². The highest BCUT2D eigenvalue weighted by Crippen LogP contribution is 2.29. The molecule has 1 heterocycles. The third kappa shape index (κ3) is 5.37. The molecule has 0 aromatic rings. The second kappa shape index (κ2) is 9.78. The Kier molecular flexibility index (Phi) is 8.79. The average Bonchev–Trinajstić information content (AvgIpc) is 2.44. The third-order valence-electron chi connectivity index (χ3n) is 5.31. The van der Waals surface area contributed by atoms with Gasteiger partial charge in [0.05, 0.1) is 0 Å². The van der Waals surface area contributed by atoms with Gasteiger partial charge in [-0.1, -0.05) is 58.8 Å². The highest BCUT2D eigenvalue weighted by molar-refractivity contribution is 4.98. The Hall–Kier alpha value is -0.0800. The summed E-state index contributed by atoms with van der Waals surface area (Å²) in [6.45, 7) is 13.2. The van der Waals surface area contributed by atoms with E-state index in [9.17, 15) is 0 Å². The molecular formula is C18H38N2. The number of nitrogens with zero attached hydrogens (tertiary/aromatic N) is 1. The van der Waals surface area contributed by atoms with Gasteiger partial charge in [0.2, 0.25) is 0 Å². The van der Waals surface area contributed by atoms with E-state index in [0.717, 1.165) is 0 Å². The van der Waals surface area contributed by atoms with Crippen molar-refractivity contribution in [3.05, 3.63) is 0 Å². The molecule has 0 aromatic heterocycles. The van der Waals surface area contributed by atoms with Crippen LogP contribution in [0.1, 0.15) is 85.5 Å². The van der Waals surface area contributed by atoms with Crippen molar-refractivity contribution in [1.29, 1.82) is 0 Å². The standard InChI is InChI=1S/C18H38N2/c1-5-7-9-11-13-18(4)17(3)19-14-16-20(18)15-12-10-8-6-2/h17,19H,5-16H2,1-4H3. The Bertz CT molecular complexity index is 242. The van der Waals surface area contributed by atoms with Crippen molar-refractivity contribution in [3.63, 3.8) is 0 Å². The third-order valence-corrected chi connectivity index (χ3v) is 5.31. The first-order valence-corrected chi connectivity index (χ1v) is 9.13. The fourth-order valence-corrected chi connectivity index (χ4v) is 3.55. The van der Waals surface area contributed by atoms with Crippen LogP contribution in [0.4, 0.5) is 0 Å². The molecule has 2 atom stereocenters. The minimum Gasteiger partial charge on any atom is -0.311 e. The molecule has 1 aliphatic heterocycles. The monoisotopic (exact) mass is 282 g/mol. The zero-order chi connectivity index (χ0) is 14.8. The number of rotatable bonds is 10. The highest BCUT2D eigenvalue weighted by Gasteiger charge is 2.38. The molecule has 1 rings (SSSR count). The summed E-state index contributed by atoms with van der Waals surface area (Å²) in [6, 6.07) is 0.629. The van der Waals surface area contributed by atoms with Crippen LogP contribution in [0.25, 0.3) is 0 Å². The van der Waals surface area contributed by atoms with Crippen molar-refractivity contribution in [1.82, 2.24) is 10.2 Å². The predicted octanol–water partition coefficient (Wildman–Crippen LogP) is 4.59. The van der Waals surface area contributed by atoms with Crippen LogP contribution in [0.2, 0.25) is 0 Å². The lowest BCUT2D eigenvalue weighted by Gasteiger charge is -2.50. The molecule has 0 amide bonds. The number of hydrogen-bond donors (Lipinski definition) is 1. The van der Waals surface area contributed by atoms with Crippen molar-refractivity contribution in [3.8, 4) is 0 Å². The first-order chi connectivity index (χ1) is 9.65. The fourth-order valence-electron chi connectivity index (χ4n) is 3.55. The summed E-state index contributed by atoms with van der Waals surface area (Å²) in [5.74, 6) is 0. The Balaban J connectivity index is 2.45. The highest BCUT2D eigenvalue weighted by atomic mass is 15.3. The van der Waals surface area contributed by atoms with Crippen molar-refractivity contribution in [2.45, 2.75) is 97.1 Å². The van der Waals surface area contributed by atoms with Gasteiger partial charge in [-0.05, 0) is 33.2 Å². The SMILES string of the molecule is CCCCCCN1CCNC(C)C1(C)CCCCCC. The zero-order valence-corrected chi connectivity index (χ0v) is 14.5. The van der Waals surface area contributed by atoms with Gasteiger partial charge in [-0.15, -0.1) is 0 Å². The minimum atomic E-state index is 0.373. The minimum absolute atomic E-state index is 0.373. The first kappa shape index (κ1) is 18.0. The van der Waals surface area contributed by atoms with E-state index in [1.807, 2.05) is 0 Å². The Labute approximate surface area is 127 Å². The lowest BCUT2D eigenvalue weighted by atomic mass is 9.83. The summed E-state index contributed by atoms with van der Waals surface area (Å²) in [5, 5.41) is 3.70. The maximum Gasteiger partial charge on any atom is 0.0332 e. The second-order valence-electron chi connectivity index (χ2n) is 6.89. The van der Waals surface area contributed by atoms with Crippen LogP contribution < -0.4 is 5.32 Å². The van der Waals surface area contributed by atoms with Gasteiger partial charge >= 0.3 is 0 Å². The van der Waals surface area contributed by atoms with Gasteiger partial charge in [-0.2, -0.15) is 0 Å². The fraction of sp³-hybridized carbons (Fsp3) is 1.00. The second-order valence-corrected chi connectivity index (χ2v) is 6.89. The lowest BCUT2D eigenvalue weighted by Crippen LogP contribution is -2.64. The van der Waals surface area contributed by atoms with E-state index < -0.39 is 0 Å². The summed E-state index contributed by atoms with van der Waals surface area (Å²) < 4.78 is 0. The number of piperazine rings is 1. The van der Waals surface area contributed by atoms with Crippen molar-refractivity contribution in [2.24, 2.45) is 0 Å². The van der Waals surface area contributed by atoms with Gasteiger partial charge in [-0.25, -0.2) is 0 Å². The molecule has 0 spiro atoms. The van der Waals surface area contributed by atoms with Gasteiger partial charge in [0.25, 0.3) is 0 Å². The van der Waals surface area contributed by atoms with Gasteiger partial charge in [0, 0.05) is 24.7 Å². The molecule has 2 unspecified atom stereocenters. The van der Waals surface area contributed by atoms with E-state index in [-0.39, 0.29) is 0 Å². The largest absolute Gasteiger partial charge is 0.311 e. The quantitative estimate of drug-likeness (QED) is 0.590. The maximum atomic E-state index is 3.70. The normalized spacial score (nSPS) is 27.9. The summed E-state index contributed by atoms with van der Waals surface area (Å²) >= 11 is 0. The zero-order valence-electron chi connectivity index (χ0n) is 14.5. The molecule has 1 N–H and O–H groups in total. The smallest absolute Gasteiger partial charge is 0.0332 e. The molecule has 0 aliphatic carbocycles. The van der Waals surface area contributed by atoms with E-state index >= 15 is 0 Å². The predicted molar refractivity (Wildman–Crippen MR) is 90.3 cm³/mol. The van der Waals surface area contributed by atoms with Gasteiger partial charge < -0.3 is 5.32 Å². The Morgan fingerprint density at radius 3 is 2.30 bits per heavy atom. The molecule has 2 heteroatoms. The molecule has 20 heavy (non-hydrogen) atoms. The molecule has 120 valence electrons. The maximum absolute atomic E-state index is 3.70. The summed E-state index contributed by atoms with van der Waals surface area (Å²) in [4.78, 5) is 2.79. The van der Waals surface area contributed by atoms with E-state index in [1.54, 1.807) is 0 Å². The van der Waals surface area contributed by atoms with Gasteiger partial charge in [0.1, 0.15) is 0 Å². The summed E-state index contributed by atoms with van der Waals surface area (Å²) in [7, 11) is 0. The molecule has 0 saturated carbocycles. The molecular weight excluding hydrogens is 244 g/mol. The summed E-state index contributed by atoms with van der Waals surface area (Å²) in [6.07, 6.45) is 12.4. The molecule has 1 aliphatic rings. The number of hydrogen-bond acceptors (Lipinski definition) is 2. The van der Waals surface area contributed by atoms with Crippen LogP contribution in [0.15, 0.2) is 0 Å². The first-order valence-electron chi connectivity index (χ1n) is 9.13. The lowest BCUT2D eigenvalue weighted by molar-refractivity contribution is 0.0294. The molecule has 0 bridgehead atoms. The molecule has 1 fully saturated rings. The van der Waals surface area contributed by atoms with Crippen LogP contribution in [-0.2, 0) is 0 Å². The molecule has 0 radical (unpaired) electrons. The van der Waals surface area contributed by atoms with Crippen LogP contribution in [0.3, 0.4) is 0 Å². The Morgan fingerprint density at radius 2 is 1.65 bits per heavy atom.